The fourth-order valence-corrected chi connectivity index (χ4v) is 2.17. The molecule has 5 heteroatoms. The largest absolute Gasteiger partial charge is 0.348 e. The van der Waals surface area contributed by atoms with Gasteiger partial charge in [-0.15, -0.1) is 0 Å². The molecular weight excluding hydrogens is 266 g/mol. The van der Waals surface area contributed by atoms with E-state index in [4.69, 9.17) is 5.73 Å². The Kier molecular flexibility index (Phi) is 5.90. The number of anilines is 1. The van der Waals surface area contributed by atoms with Crippen LogP contribution in [0.15, 0.2) is 24.3 Å². The Morgan fingerprint density at radius 3 is 2.62 bits per heavy atom. The van der Waals surface area contributed by atoms with Crippen molar-refractivity contribution in [3.05, 3.63) is 29.8 Å². The monoisotopic (exact) mass is 291 g/mol. The van der Waals surface area contributed by atoms with Gasteiger partial charge < -0.3 is 16.4 Å². The van der Waals surface area contributed by atoms with Crippen LogP contribution in [0.25, 0.3) is 0 Å². The maximum atomic E-state index is 12.2. The number of hydrogen-bond acceptors (Lipinski definition) is 3. The van der Waals surface area contributed by atoms with Crippen LogP contribution >= 0.6 is 0 Å². The zero-order chi connectivity index (χ0) is 16.0. The molecule has 2 atom stereocenters. The van der Waals surface area contributed by atoms with E-state index in [1.165, 1.54) is 6.92 Å². The Morgan fingerprint density at radius 1 is 1.38 bits per heavy atom. The van der Waals surface area contributed by atoms with Crippen LogP contribution in [0.2, 0.25) is 0 Å². The van der Waals surface area contributed by atoms with Crippen LogP contribution in [0, 0.1) is 0 Å². The molecule has 4 N–H and O–H groups in total. The van der Waals surface area contributed by atoms with Crippen molar-refractivity contribution in [2.75, 3.05) is 5.32 Å². The van der Waals surface area contributed by atoms with Crippen LogP contribution in [-0.4, -0.2) is 17.4 Å². The van der Waals surface area contributed by atoms with Gasteiger partial charge in [-0.05, 0) is 38.0 Å². The van der Waals surface area contributed by atoms with E-state index in [1.54, 1.807) is 6.92 Å². The summed E-state index contributed by atoms with van der Waals surface area (Å²) in [7, 11) is 0. The van der Waals surface area contributed by atoms with Crippen molar-refractivity contribution in [2.24, 2.45) is 5.73 Å². The van der Waals surface area contributed by atoms with Gasteiger partial charge in [-0.25, -0.2) is 0 Å². The second-order valence-corrected chi connectivity index (χ2v) is 5.67. The van der Waals surface area contributed by atoms with Crippen LogP contribution in [0.5, 0.6) is 0 Å². The summed E-state index contributed by atoms with van der Waals surface area (Å²) < 4.78 is 0. The van der Waals surface area contributed by atoms with Crippen LogP contribution in [0.4, 0.5) is 5.69 Å². The Bertz CT molecular complexity index is 512. The minimum atomic E-state index is -0.863. The summed E-state index contributed by atoms with van der Waals surface area (Å²) in [5, 5.41) is 5.65. The minimum Gasteiger partial charge on any atom is -0.348 e. The molecule has 1 aromatic carbocycles. The van der Waals surface area contributed by atoms with Crippen molar-refractivity contribution in [3.8, 4) is 0 Å². The number of hydrogen-bond donors (Lipinski definition) is 3. The lowest BCUT2D eigenvalue weighted by atomic mass is 9.95. The second kappa shape index (κ2) is 7.22. The first kappa shape index (κ1) is 17.2. The van der Waals surface area contributed by atoms with E-state index in [1.807, 2.05) is 38.1 Å². The van der Waals surface area contributed by atoms with Gasteiger partial charge in [0.2, 0.25) is 11.8 Å². The van der Waals surface area contributed by atoms with Crippen molar-refractivity contribution in [1.82, 2.24) is 5.32 Å². The van der Waals surface area contributed by atoms with E-state index in [0.29, 0.717) is 12.1 Å². The molecule has 0 aromatic heterocycles. The number of amides is 2. The molecule has 0 bridgehead atoms. The lowest BCUT2D eigenvalue weighted by Gasteiger charge is -2.25. The number of carbonyl (C=O) groups is 2. The Labute approximate surface area is 126 Å². The van der Waals surface area contributed by atoms with Gasteiger partial charge in [0.25, 0.3) is 0 Å². The normalized spacial score (nSPS) is 14.9. The molecule has 21 heavy (non-hydrogen) atoms. The molecule has 1 aromatic rings. The molecule has 0 heterocycles. The average Bonchev–Trinajstić information content (AvgIpc) is 2.38. The molecule has 0 fully saturated rings. The molecule has 0 saturated heterocycles. The standard InChI is InChI=1S/C16H25N3O2/c1-5-9-16(4,17)15(21)18-11(2)13-7-6-8-14(10-13)19-12(3)20/h6-8,10-11H,5,9,17H2,1-4H3,(H,18,21)(H,19,20). The number of carbonyl (C=O) groups excluding carboxylic acids is 2. The molecule has 116 valence electrons. The summed E-state index contributed by atoms with van der Waals surface area (Å²) in [4.78, 5) is 23.3. The van der Waals surface area contributed by atoms with Gasteiger partial charge >= 0.3 is 0 Å². The van der Waals surface area contributed by atoms with Gasteiger partial charge in [0, 0.05) is 12.6 Å². The molecule has 2 amide bonds. The molecule has 0 aliphatic heterocycles. The fourth-order valence-electron chi connectivity index (χ4n) is 2.17. The number of rotatable bonds is 6. The third-order valence-corrected chi connectivity index (χ3v) is 3.34. The fraction of sp³-hybridized carbons (Fsp3) is 0.500. The van der Waals surface area contributed by atoms with Crippen molar-refractivity contribution in [2.45, 2.75) is 52.1 Å². The highest BCUT2D eigenvalue weighted by atomic mass is 16.2. The van der Waals surface area contributed by atoms with Crippen molar-refractivity contribution in [1.29, 1.82) is 0 Å². The summed E-state index contributed by atoms with van der Waals surface area (Å²) in [5.41, 5.74) is 6.79. The molecule has 5 nitrogen and oxygen atoms in total. The van der Waals surface area contributed by atoms with Gasteiger partial charge in [0.05, 0.1) is 11.6 Å². The predicted molar refractivity (Wildman–Crippen MR) is 84.8 cm³/mol. The highest BCUT2D eigenvalue weighted by Crippen LogP contribution is 2.19. The van der Waals surface area contributed by atoms with Crippen LogP contribution < -0.4 is 16.4 Å². The number of nitrogens with one attached hydrogen (secondary N) is 2. The van der Waals surface area contributed by atoms with Crippen molar-refractivity contribution >= 4 is 17.5 Å². The first-order chi connectivity index (χ1) is 9.76. The third-order valence-electron chi connectivity index (χ3n) is 3.34. The van der Waals surface area contributed by atoms with E-state index in [-0.39, 0.29) is 17.9 Å². The molecule has 2 unspecified atom stereocenters. The molecule has 1 rings (SSSR count). The zero-order valence-electron chi connectivity index (χ0n) is 13.2. The quantitative estimate of drug-likeness (QED) is 0.752. The first-order valence-corrected chi connectivity index (χ1v) is 7.23. The first-order valence-electron chi connectivity index (χ1n) is 7.23. The van der Waals surface area contributed by atoms with Gasteiger partial charge in [-0.3, -0.25) is 9.59 Å². The average molecular weight is 291 g/mol. The SMILES string of the molecule is CCCC(C)(N)C(=O)NC(C)c1cccc(NC(C)=O)c1. The lowest BCUT2D eigenvalue weighted by molar-refractivity contribution is -0.126. The molecule has 0 aliphatic rings. The van der Waals surface area contributed by atoms with Gasteiger partial charge in [0.1, 0.15) is 0 Å². The van der Waals surface area contributed by atoms with Gasteiger partial charge in [-0.1, -0.05) is 25.5 Å². The van der Waals surface area contributed by atoms with E-state index < -0.39 is 5.54 Å². The minimum absolute atomic E-state index is 0.124. The van der Waals surface area contributed by atoms with Crippen LogP contribution in [0.3, 0.4) is 0 Å². The lowest BCUT2D eigenvalue weighted by Crippen LogP contribution is -2.52. The van der Waals surface area contributed by atoms with Crippen molar-refractivity contribution < 1.29 is 9.59 Å². The summed E-state index contributed by atoms with van der Waals surface area (Å²) in [6.07, 6.45) is 1.49. The van der Waals surface area contributed by atoms with E-state index in [9.17, 15) is 9.59 Å². The van der Waals surface area contributed by atoms with E-state index in [0.717, 1.165) is 12.0 Å². The number of benzene rings is 1. The van der Waals surface area contributed by atoms with Gasteiger partial charge in [-0.2, -0.15) is 0 Å². The highest BCUT2D eigenvalue weighted by molar-refractivity contribution is 5.89. The molecule has 0 radical (unpaired) electrons. The Morgan fingerprint density at radius 2 is 2.05 bits per heavy atom. The highest BCUT2D eigenvalue weighted by Gasteiger charge is 2.28. The van der Waals surface area contributed by atoms with E-state index >= 15 is 0 Å². The molecular formula is C16H25N3O2. The number of nitrogens with two attached hydrogens (primary N) is 1. The molecule has 0 aliphatic carbocycles. The second-order valence-electron chi connectivity index (χ2n) is 5.67. The zero-order valence-corrected chi connectivity index (χ0v) is 13.2. The maximum absolute atomic E-state index is 12.2. The summed E-state index contributed by atoms with van der Waals surface area (Å²) >= 11 is 0. The Balaban J connectivity index is 2.77. The third kappa shape index (κ3) is 5.19. The van der Waals surface area contributed by atoms with Crippen LogP contribution in [0.1, 0.15) is 52.1 Å². The van der Waals surface area contributed by atoms with Crippen molar-refractivity contribution in [3.63, 3.8) is 0 Å². The molecule has 0 spiro atoms. The predicted octanol–water partition coefficient (Wildman–Crippen LogP) is 2.34. The topological polar surface area (TPSA) is 84.2 Å². The summed E-state index contributed by atoms with van der Waals surface area (Å²) in [6.45, 7) is 7.10. The smallest absolute Gasteiger partial charge is 0.240 e. The maximum Gasteiger partial charge on any atom is 0.240 e. The summed E-state index contributed by atoms with van der Waals surface area (Å²) in [5.74, 6) is -0.289. The van der Waals surface area contributed by atoms with Crippen LogP contribution in [-0.2, 0) is 9.59 Å². The van der Waals surface area contributed by atoms with E-state index in [2.05, 4.69) is 10.6 Å². The Hall–Kier alpha value is -1.88. The van der Waals surface area contributed by atoms with Gasteiger partial charge in [0.15, 0.2) is 0 Å². The molecule has 0 saturated carbocycles. The summed E-state index contributed by atoms with van der Waals surface area (Å²) in [6, 6.07) is 7.23.